The van der Waals surface area contributed by atoms with Crippen LogP contribution < -0.4 is 5.32 Å². The molecule has 1 aromatic carbocycles. The number of carbonyl (C=O) groups excluding carboxylic acids is 1. The van der Waals surface area contributed by atoms with E-state index >= 15 is 0 Å². The third-order valence-corrected chi connectivity index (χ3v) is 3.60. The topological polar surface area (TPSA) is 46.9 Å². The van der Waals surface area contributed by atoms with Gasteiger partial charge in [-0.15, -0.1) is 0 Å². The Bertz CT molecular complexity index is 557. The van der Waals surface area contributed by atoms with E-state index in [1.54, 1.807) is 12.5 Å². The van der Waals surface area contributed by atoms with Crippen molar-refractivity contribution in [3.8, 4) is 5.69 Å². The second-order valence-corrected chi connectivity index (χ2v) is 4.98. The molecule has 0 saturated heterocycles. The predicted octanol–water partition coefficient (Wildman–Crippen LogP) is 2.54. The molecule has 19 heavy (non-hydrogen) atoms. The van der Waals surface area contributed by atoms with E-state index in [1.807, 2.05) is 35.0 Å². The highest BCUT2D eigenvalue weighted by Gasteiger charge is 2.18. The molecule has 1 fully saturated rings. The zero-order valence-electron chi connectivity index (χ0n) is 10.7. The molecule has 1 amide bonds. The Balaban J connectivity index is 1.77. The molecular formula is C15H17N3O. The summed E-state index contributed by atoms with van der Waals surface area (Å²) in [5.74, 6) is 0.0221. The highest BCUT2D eigenvalue weighted by atomic mass is 16.1. The molecule has 0 atom stereocenters. The largest absolute Gasteiger partial charge is 0.349 e. The first-order valence-electron chi connectivity index (χ1n) is 6.72. The molecule has 2 aromatic rings. The maximum atomic E-state index is 12.2. The highest BCUT2D eigenvalue weighted by molar-refractivity contribution is 5.94. The van der Waals surface area contributed by atoms with Crippen molar-refractivity contribution in [2.45, 2.75) is 31.7 Å². The number of nitrogens with zero attached hydrogens (tertiary/aromatic N) is 2. The van der Waals surface area contributed by atoms with Gasteiger partial charge in [-0.3, -0.25) is 4.79 Å². The quantitative estimate of drug-likeness (QED) is 0.916. The standard InChI is InChI=1S/C15H17N3O/c19-15(17-13-5-1-2-6-13)12-4-3-7-14(10-12)18-9-8-16-11-18/h3-4,7-11,13H,1-2,5-6H2,(H,17,19). The number of aromatic nitrogens is 2. The number of imidazole rings is 1. The lowest BCUT2D eigenvalue weighted by Crippen LogP contribution is -2.32. The molecule has 0 aliphatic heterocycles. The van der Waals surface area contributed by atoms with Gasteiger partial charge in [0.2, 0.25) is 0 Å². The van der Waals surface area contributed by atoms with E-state index in [1.165, 1.54) is 12.8 Å². The van der Waals surface area contributed by atoms with Crippen LogP contribution in [-0.2, 0) is 0 Å². The van der Waals surface area contributed by atoms with Crippen molar-refractivity contribution in [2.75, 3.05) is 0 Å². The van der Waals surface area contributed by atoms with Crippen molar-refractivity contribution < 1.29 is 4.79 Å². The lowest BCUT2D eigenvalue weighted by molar-refractivity contribution is 0.0938. The van der Waals surface area contributed by atoms with E-state index in [0.717, 1.165) is 18.5 Å². The van der Waals surface area contributed by atoms with Crippen molar-refractivity contribution in [1.29, 1.82) is 0 Å². The summed E-state index contributed by atoms with van der Waals surface area (Å²) in [6.45, 7) is 0. The average Bonchev–Trinajstić information content (AvgIpc) is 3.12. The Morgan fingerprint density at radius 2 is 2.16 bits per heavy atom. The van der Waals surface area contributed by atoms with Crippen molar-refractivity contribution in [3.63, 3.8) is 0 Å². The molecule has 4 nitrogen and oxygen atoms in total. The monoisotopic (exact) mass is 255 g/mol. The van der Waals surface area contributed by atoms with E-state index in [2.05, 4.69) is 10.3 Å². The molecule has 1 heterocycles. The summed E-state index contributed by atoms with van der Waals surface area (Å²) in [7, 11) is 0. The summed E-state index contributed by atoms with van der Waals surface area (Å²) >= 11 is 0. The maximum Gasteiger partial charge on any atom is 0.251 e. The van der Waals surface area contributed by atoms with E-state index in [9.17, 15) is 4.79 Å². The number of hydrogen-bond donors (Lipinski definition) is 1. The Morgan fingerprint density at radius 3 is 2.89 bits per heavy atom. The third kappa shape index (κ3) is 2.67. The Morgan fingerprint density at radius 1 is 1.32 bits per heavy atom. The van der Waals surface area contributed by atoms with Gasteiger partial charge in [-0.05, 0) is 31.0 Å². The van der Waals surface area contributed by atoms with Gasteiger partial charge in [-0.2, -0.15) is 0 Å². The zero-order chi connectivity index (χ0) is 13.1. The molecule has 1 aliphatic rings. The van der Waals surface area contributed by atoms with E-state index in [-0.39, 0.29) is 5.91 Å². The highest BCUT2D eigenvalue weighted by Crippen LogP contribution is 2.18. The van der Waals surface area contributed by atoms with Crippen molar-refractivity contribution in [1.82, 2.24) is 14.9 Å². The Kier molecular flexibility index (Phi) is 3.31. The van der Waals surface area contributed by atoms with Gasteiger partial charge in [0.25, 0.3) is 5.91 Å². The van der Waals surface area contributed by atoms with Crippen LogP contribution in [0.5, 0.6) is 0 Å². The fourth-order valence-electron chi connectivity index (χ4n) is 2.56. The van der Waals surface area contributed by atoms with Crippen LogP contribution in [0.3, 0.4) is 0 Å². The van der Waals surface area contributed by atoms with Gasteiger partial charge in [0, 0.05) is 29.7 Å². The molecule has 1 aromatic heterocycles. The smallest absolute Gasteiger partial charge is 0.251 e. The van der Waals surface area contributed by atoms with Gasteiger partial charge in [0.15, 0.2) is 0 Å². The van der Waals surface area contributed by atoms with E-state index in [4.69, 9.17) is 0 Å². The van der Waals surface area contributed by atoms with Gasteiger partial charge < -0.3 is 9.88 Å². The van der Waals surface area contributed by atoms with Crippen LogP contribution in [0.4, 0.5) is 0 Å². The van der Waals surface area contributed by atoms with Gasteiger partial charge in [0.05, 0.1) is 6.33 Å². The van der Waals surface area contributed by atoms with Crippen LogP contribution in [0.25, 0.3) is 5.69 Å². The molecule has 1 aliphatic carbocycles. The van der Waals surface area contributed by atoms with Crippen molar-refractivity contribution in [2.24, 2.45) is 0 Å². The van der Waals surface area contributed by atoms with Crippen LogP contribution in [0.1, 0.15) is 36.0 Å². The molecule has 0 radical (unpaired) electrons. The lowest BCUT2D eigenvalue weighted by atomic mass is 10.1. The summed E-state index contributed by atoms with van der Waals surface area (Å²) < 4.78 is 1.90. The number of rotatable bonds is 3. The zero-order valence-corrected chi connectivity index (χ0v) is 10.7. The minimum Gasteiger partial charge on any atom is -0.349 e. The summed E-state index contributed by atoms with van der Waals surface area (Å²) in [4.78, 5) is 16.2. The van der Waals surface area contributed by atoms with Crippen molar-refractivity contribution in [3.05, 3.63) is 48.5 Å². The minimum atomic E-state index is 0.0221. The molecular weight excluding hydrogens is 238 g/mol. The Labute approximate surface area is 112 Å². The van der Waals surface area contributed by atoms with Crippen LogP contribution in [0, 0.1) is 0 Å². The van der Waals surface area contributed by atoms with Gasteiger partial charge in [0.1, 0.15) is 0 Å². The molecule has 1 saturated carbocycles. The fraction of sp³-hybridized carbons (Fsp3) is 0.333. The van der Waals surface area contributed by atoms with Crippen LogP contribution in [-0.4, -0.2) is 21.5 Å². The van der Waals surface area contributed by atoms with Gasteiger partial charge in [-0.25, -0.2) is 4.98 Å². The predicted molar refractivity (Wildman–Crippen MR) is 73.3 cm³/mol. The fourth-order valence-corrected chi connectivity index (χ4v) is 2.56. The normalized spacial score (nSPS) is 15.6. The number of amides is 1. The van der Waals surface area contributed by atoms with E-state index < -0.39 is 0 Å². The Hall–Kier alpha value is -2.10. The van der Waals surface area contributed by atoms with Gasteiger partial charge >= 0.3 is 0 Å². The summed E-state index contributed by atoms with van der Waals surface area (Å²) in [5.41, 5.74) is 1.66. The second-order valence-electron chi connectivity index (χ2n) is 4.98. The second kappa shape index (κ2) is 5.26. The molecule has 0 bridgehead atoms. The first-order valence-corrected chi connectivity index (χ1v) is 6.72. The maximum absolute atomic E-state index is 12.2. The number of carbonyl (C=O) groups is 1. The third-order valence-electron chi connectivity index (χ3n) is 3.60. The summed E-state index contributed by atoms with van der Waals surface area (Å²) in [6, 6.07) is 7.97. The molecule has 4 heteroatoms. The number of benzene rings is 1. The number of hydrogen-bond acceptors (Lipinski definition) is 2. The molecule has 0 unspecified atom stereocenters. The summed E-state index contributed by atoms with van der Waals surface area (Å²) in [5, 5.41) is 3.10. The number of nitrogens with one attached hydrogen (secondary N) is 1. The van der Waals surface area contributed by atoms with Crippen LogP contribution in [0.15, 0.2) is 43.0 Å². The van der Waals surface area contributed by atoms with Crippen LogP contribution in [0.2, 0.25) is 0 Å². The van der Waals surface area contributed by atoms with Crippen molar-refractivity contribution >= 4 is 5.91 Å². The first-order chi connectivity index (χ1) is 9.33. The van der Waals surface area contributed by atoms with Crippen LogP contribution >= 0.6 is 0 Å². The van der Waals surface area contributed by atoms with E-state index in [0.29, 0.717) is 11.6 Å². The molecule has 0 spiro atoms. The van der Waals surface area contributed by atoms with Gasteiger partial charge in [-0.1, -0.05) is 18.9 Å². The first kappa shape index (κ1) is 12.0. The minimum absolute atomic E-state index is 0.0221. The molecule has 3 rings (SSSR count). The molecule has 1 N–H and O–H groups in total. The average molecular weight is 255 g/mol. The molecule has 98 valence electrons. The SMILES string of the molecule is O=C(NC1CCCC1)c1cccc(-n2ccnc2)c1. The summed E-state index contributed by atoms with van der Waals surface area (Å²) in [6.07, 6.45) is 9.98. The lowest BCUT2D eigenvalue weighted by Gasteiger charge is -2.12.